The molecule has 1 nitrogen and oxygen atoms in total. The Morgan fingerprint density at radius 2 is 1.08 bits per heavy atom. The van der Waals surface area contributed by atoms with E-state index in [4.69, 9.17) is 0 Å². The van der Waals surface area contributed by atoms with Crippen molar-refractivity contribution in [1.82, 2.24) is 0 Å². The first kappa shape index (κ1) is 22.5. The summed E-state index contributed by atoms with van der Waals surface area (Å²) in [6, 6.07) is 10.5. The standard InChI is InChI=1S/C23H41OP/c1-3-5-7-9-11-16-20-25(24,21-17-12-10-8-6-4-2)22-23-18-14-13-15-19-23/h13-15,18-19H,3-12,16-17,20-22H2,1-2H3. The van der Waals surface area contributed by atoms with Crippen molar-refractivity contribution in [3.63, 3.8) is 0 Å². The van der Waals surface area contributed by atoms with Crippen LogP contribution in [0.1, 0.15) is 96.5 Å². The smallest absolute Gasteiger partial charge is 0.0919 e. The van der Waals surface area contributed by atoms with E-state index in [0.717, 1.165) is 31.3 Å². The Morgan fingerprint density at radius 3 is 1.56 bits per heavy atom. The van der Waals surface area contributed by atoms with E-state index in [2.05, 4.69) is 44.2 Å². The van der Waals surface area contributed by atoms with Gasteiger partial charge in [-0.1, -0.05) is 108 Å². The lowest BCUT2D eigenvalue weighted by Crippen LogP contribution is -2.00. The summed E-state index contributed by atoms with van der Waals surface area (Å²) in [5.74, 6) is 0. The van der Waals surface area contributed by atoms with Crippen LogP contribution in [0.2, 0.25) is 0 Å². The SMILES string of the molecule is CCCCCCCCP(=O)(CCCCCCCC)Cc1ccccc1. The van der Waals surface area contributed by atoms with Gasteiger partial charge in [-0.15, -0.1) is 0 Å². The minimum absolute atomic E-state index is 0.817. The molecule has 0 spiro atoms. The lowest BCUT2D eigenvalue weighted by Gasteiger charge is -2.19. The van der Waals surface area contributed by atoms with E-state index >= 15 is 0 Å². The third-order valence-corrected chi connectivity index (χ3v) is 8.36. The molecule has 1 aromatic carbocycles. The van der Waals surface area contributed by atoms with E-state index in [1.165, 1.54) is 69.8 Å². The van der Waals surface area contributed by atoms with Crippen LogP contribution in [-0.2, 0) is 10.7 Å². The summed E-state index contributed by atoms with van der Waals surface area (Å²) in [6.07, 6.45) is 18.2. The number of rotatable bonds is 16. The highest BCUT2D eigenvalue weighted by Gasteiger charge is 2.21. The van der Waals surface area contributed by atoms with E-state index in [1.807, 2.05) is 0 Å². The zero-order valence-corrected chi connectivity index (χ0v) is 17.7. The third-order valence-electron chi connectivity index (χ3n) is 5.15. The molecule has 1 rings (SSSR count). The van der Waals surface area contributed by atoms with Gasteiger partial charge in [0.05, 0.1) is 7.14 Å². The van der Waals surface area contributed by atoms with Gasteiger partial charge in [-0.25, -0.2) is 0 Å². The monoisotopic (exact) mass is 364 g/mol. The third kappa shape index (κ3) is 11.6. The molecule has 0 unspecified atom stereocenters. The highest BCUT2D eigenvalue weighted by atomic mass is 31.2. The molecule has 0 atom stereocenters. The highest BCUT2D eigenvalue weighted by Crippen LogP contribution is 2.50. The Bertz CT molecular complexity index is 434. The average Bonchev–Trinajstić information content (AvgIpc) is 2.62. The zero-order valence-electron chi connectivity index (χ0n) is 16.8. The van der Waals surface area contributed by atoms with Crippen molar-refractivity contribution in [2.75, 3.05) is 12.3 Å². The van der Waals surface area contributed by atoms with Gasteiger partial charge in [0.25, 0.3) is 0 Å². The van der Waals surface area contributed by atoms with Crippen LogP contribution in [0, 0.1) is 0 Å². The molecule has 0 aliphatic heterocycles. The van der Waals surface area contributed by atoms with Crippen LogP contribution in [0.15, 0.2) is 30.3 Å². The van der Waals surface area contributed by atoms with Crippen molar-refractivity contribution in [2.24, 2.45) is 0 Å². The van der Waals surface area contributed by atoms with Gasteiger partial charge >= 0.3 is 0 Å². The van der Waals surface area contributed by atoms with Gasteiger partial charge < -0.3 is 4.57 Å². The van der Waals surface area contributed by atoms with E-state index in [-0.39, 0.29) is 0 Å². The quantitative estimate of drug-likeness (QED) is 0.213. The maximum Gasteiger partial charge on any atom is 0.0919 e. The normalized spacial score (nSPS) is 11.8. The summed E-state index contributed by atoms with van der Waals surface area (Å²) in [4.78, 5) is 0. The van der Waals surface area contributed by atoms with Gasteiger partial charge in [-0.05, 0) is 18.4 Å². The summed E-state index contributed by atoms with van der Waals surface area (Å²) >= 11 is 0. The highest BCUT2D eigenvalue weighted by molar-refractivity contribution is 7.63. The predicted octanol–water partition coefficient (Wildman–Crippen LogP) is 8.27. The van der Waals surface area contributed by atoms with Gasteiger partial charge in [0, 0.05) is 18.5 Å². The maximum absolute atomic E-state index is 13.6. The van der Waals surface area contributed by atoms with Crippen molar-refractivity contribution in [3.8, 4) is 0 Å². The Kier molecular flexibility index (Phi) is 13.1. The van der Waals surface area contributed by atoms with E-state index in [9.17, 15) is 4.57 Å². The molecule has 1 aromatic rings. The average molecular weight is 365 g/mol. The molecule has 0 aliphatic carbocycles. The predicted molar refractivity (Wildman–Crippen MR) is 114 cm³/mol. The molecule has 0 bridgehead atoms. The molecular formula is C23H41OP. The number of unbranched alkanes of at least 4 members (excludes halogenated alkanes) is 10. The molecule has 0 amide bonds. The maximum atomic E-state index is 13.6. The number of benzene rings is 1. The van der Waals surface area contributed by atoms with Crippen molar-refractivity contribution >= 4 is 7.14 Å². The van der Waals surface area contributed by atoms with Crippen molar-refractivity contribution in [2.45, 2.75) is 97.1 Å². The largest absolute Gasteiger partial charge is 0.323 e. The van der Waals surface area contributed by atoms with Crippen molar-refractivity contribution < 1.29 is 4.57 Å². The molecule has 0 radical (unpaired) electrons. The Morgan fingerprint density at radius 1 is 0.640 bits per heavy atom. The second-order valence-corrected chi connectivity index (χ2v) is 11.0. The van der Waals surface area contributed by atoms with Crippen molar-refractivity contribution in [3.05, 3.63) is 35.9 Å². The molecule has 25 heavy (non-hydrogen) atoms. The molecule has 144 valence electrons. The zero-order chi connectivity index (χ0) is 18.2. The fourth-order valence-corrected chi connectivity index (χ4v) is 6.56. The minimum Gasteiger partial charge on any atom is -0.323 e. The lowest BCUT2D eigenvalue weighted by molar-refractivity contribution is 0.560. The molecule has 0 aliphatic rings. The van der Waals surface area contributed by atoms with Crippen LogP contribution in [0.4, 0.5) is 0 Å². The fraction of sp³-hybridized carbons (Fsp3) is 0.739. The second-order valence-electron chi connectivity index (χ2n) is 7.68. The van der Waals surface area contributed by atoms with Gasteiger partial charge in [-0.2, -0.15) is 0 Å². The lowest BCUT2D eigenvalue weighted by atomic mass is 10.1. The van der Waals surface area contributed by atoms with Gasteiger partial charge in [0.2, 0.25) is 0 Å². The van der Waals surface area contributed by atoms with E-state index in [0.29, 0.717) is 0 Å². The first-order valence-corrected chi connectivity index (χ1v) is 13.1. The fourth-order valence-electron chi connectivity index (χ4n) is 3.55. The number of hydrogen-bond acceptors (Lipinski definition) is 1. The molecule has 0 fully saturated rings. The van der Waals surface area contributed by atoms with Crippen LogP contribution in [0.25, 0.3) is 0 Å². The summed E-state index contributed by atoms with van der Waals surface area (Å²) in [5, 5.41) is 0. The first-order valence-electron chi connectivity index (χ1n) is 10.8. The summed E-state index contributed by atoms with van der Waals surface area (Å²) in [6.45, 7) is 4.52. The van der Waals surface area contributed by atoms with Crippen molar-refractivity contribution in [1.29, 1.82) is 0 Å². The topological polar surface area (TPSA) is 17.1 Å². The molecule has 2 heteroatoms. The Hall–Kier alpha value is -0.550. The Labute approximate surface area is 157 Å². The van der Waals surface area contributed by atoms with Gasteiger partial charge in [0.15, 0.2) is 0 Å². The molecule has 0 heterocycles. The molecule has 0 aromatic heterocycles. The van der Waals surface area contributed by atoms with Gasteiger partial charge in [0.1, 0.15) is 0 Å². The summed E-state index contributed by atoms with van der Waals surface area (Å²) in [7, 11) is -2.05. The molecule has 0 N–H and O–H groups in total. The van der Waals surface area contributed by atoms with Crippen LogP contribution in [0.5, 0.6) is 0 Å². The van der Waals surface area contributed by atoms with Crippen LogP contribution >= 0.6 is 7.14 Å². The first-order chi connectivity index (χ1) is 12.2. The second kappa shape index (κ2) is 14.6. The molecular weight excluding hydrogens is 323 g/mol. The van der Waals surface area contributed by atoms with Gasteiger partial charge in [-0.3, -0.25) is 0 Å². The van der Waals surface area contributed by atoms with E-state index < -0.39 is 7.14 Å². The summed E-state index contributed by atoms with van der Waals surface area (Å²) < 4.78 is 13.6. The van der Waals surface area contributed by atoms with E-state index in [1.54, 1.807) is 0 Å². The Balaban J connectivity index is 2.41. The minimum atomic E-state index is -2.05. The van der Waals surface area contributed by atoms with Crippen LogP contribution in [-0.4, -0.2) is 12.3 Å². The van der Waals surface area contributed by atoms with Crippen LogP contribution < -0.4 is 0 Å². The number of hydrogen-bond donors (Lipinski definition) is 0. The molecule has 0 saturated carbocycles. The van der Waals surface area contributed by atoms with Crippen LogP contribution in [0.3, 0.4) is 0 Å². The summed E-state index contributed by atoms with van der Waals surface area (Å²) in [5.41, 5.74) is 1.27. The molecule has 0 saturated heterocycles.